The van der Waals surface area contributed by atoms with E-state index in [-0.39, 0.29) is 21.6 Å². The quantitative estimate of drug-likeness (QED) is 0.0236. The summed E-state index contributed by atoms with van der Waals surface area (Å²) in [5, 5.41) is 20.6. The van der Waals surface area contributed by atoms with Gasteiger partial charge in [-0.15, -0.1) is 40.0 Å². The van der Waals surface area contributed by atoms with E-state index in [0.29, 0.717) is 17.2 Å². The summed E-state index contributed by atoms with van der Waals surface area (Å²) in [6, 6.07) is 47.3. The number of hydrogen-bond acceptors (Lipinski definition) is 14. The van der Waals surface area contributed by atoms with E-state index in [1.807, 2.05) is 159 Å². The maximum absolute atomic E-state index is 15.0. The standard InChI is InChI=1S/C53H48N8O6S4/c1-52(2,3)66-51(64)57-50-55-40(33-71-50)42(58-67-53(37-24-14-7-15-25-37,38-26-16-8-17-27-38)39-28-18-9-19-29-39)46(62)56-43-47(63)61-44(36(32-70-48(43)61)31-69-41-30-54-59-60(41)4)49(68)65-45(34-20-10-5-11-21-34)35-22-12-6-13-23-35/h5-30,33,43,45,48H,31-32H2,1-4H3,(H,56,62)(H,55,57,64)/b58-42-/t43-,48-/m1/s1. The SMILES string of the molecule is Cn1nncc1SCC1=C(C(=S)OC(c2ccccc2)c2ccccc2)N2C(=O)[C@@H](NC(=O)/C(=N\OC(c3ccccc3)(c3ccccc3)c3ccccc3)c3csc(NC(=O)OC(C)(C)C)n3)[C@H]2SC1. The summed E-state index contributed by atoms with van der Waals surface area (Å²) in [4.78, 5) is 55.7. The number of fused-ring (bicyclic) bond motifs is 1. The molecule has 0 bridgehead atoms. The molecule has 7 aromatic rings. The number of hydrogen-bond donors (Lipinski definition) is 2. The van der Waals surface area contributed by atoms with E-state index in [2.05, 4.69) is 25.9 Å². The topological polar surface area (TPSA) is 162 Å². The third-order valence-corrected chi connectivity index (χ3v) is 15.0. The zero-order valence-electron chi connectivity index (χ0n) is 39.0. The van der Waals surface area contributed by atoms with Crippen LogP contribution in [0.4, 0.5) is 9.93 Å². The molecular formula is C53H48N8O6S4. The molecule has 9 rings (SSSR count). The lowest BCUT2D eigenvalue weighted by atomic mass is 9.80. The molecule has 18 heteroatoms. The van der Waals surface area contributed by atoms with E-state index in [1.54, 1.807) is 41.9 Å². The van der Waals surface area contributed by atoms with E-state index >= 15 is 0 Å². The minimum Gasteiger partial charge on any atom is -0.469 e. The van der Waals surface area contributed by atoms with Gasteiger partial charge in [0.15, 0.2) is 10.8 Å². The maximum Gasteiger partial charge on any atom is 0.413 e. The number of aryl methyl sites for hydroxylation is 1. The molecule has 2 N–H and O–H groups in total. The first kappa shape index (κ1) is 48.9. The molecule has 0 unspecified atom stereocenters. The van der Waals surface area contributed by atoms with Crippen LogP contribution in [0.2, 0.25) is 0 Å². The number of nitrogens with one attached hydrogen (secondary N) is 2. The molecule has 0 spiro atoms. The van der Waals surface area contributed by atoms with Crippen molar-refractivity contribution >= 4 is 80.9 Å². The number of β-lactam (4-membered cyclic amide) rings is 1. The second-order valence-electron chi connectivity index (χ2n) is 17.4. The predicted octanol–water partition coefficient (Wildman–Crippen LogP) is 9.91. The Bertz CT molecular complexity index is 2940. The number of thiazole rings is 1. The number of thioether (sulfide) groups is 2. The van der Waals surface area contributed by atoms with E-state index in [4.69, 9.17) is 31.7 Å². The Hall–Kier alpha value is -7.12. The number of thiocarbonyl (C=S) groups is 1. The van der Waals surface area contributed by atoms with Crippen molar-refractivity contribution in [2.24, 2.45) is 12.2 Å². The molecule has 0 aliphatic carbocycles. The Kier molecular flexibility index (Phi) is 14.8. The Balaban J connectivity index is 1.06. The zero-order chi connectivity index (χ0) is 49.5. The number of carbonyl (C=O) groups excluding carboxylic acids is 3. The molecule has 14 nitrogen and oxygen atoms in total. The van der Waals surface area contributed by atoms with Gasteiger partial charge in [0.05, 0.1) is 11.9 Å². The predicted molar refractivity (Wildman–Crippen MR) is 281 cm³/mol. The van der Waals surface area contributed by atoms with Crippen LogP contribution < -0.4 is 10.6 Å². The van der Waals surface area contributed by atoms with Crippen molar-refractivity contribution in [3.8, 4) is 0 Å². The van der Waals surface area contributed by atoms with Crippen LogP contribution in [0.1, 0.15) is 60.4 Å². The van der Waals surface area contributed by atoms with Crippen LogP contribution in [0.3, 0.4) is 0 Å². The number of carbonyl (C=O) groups is 3. The molecule has 0 saturated carbocycles. The van der Waals surface area contributed by atoms with Crippen LogP contribution in [0, 0.1) is 0 Å². The summed E-state index contributed by atoms with van der Waals surface area (Å²) in [5.74, 6) is -0.187. The minimum atomic E-state index is -1.36. The summed E-state index contributed by atoms with van der Waals surface area (Å²) in [5.41, 5.74) is 3.07. The van der Waals surface area contributed by atoms with Crippen LogP contribution in [-0.2, 0) is 36.5 Å². The number of ether oxygens (including phenoxy) is 2. The molecule has 2 aliphatic heterocycles. The van der Waals surface area contributed by atoms with Crippen molar-refractivity contribution in [1.29, 1.82) is 0 Å². The lowest BCUT2D eigenvalue weighted by Crippen LogP contribution is -2.71. The fourth-order valence-corrected chi connectivity index (χ4v) is 11.5. The van der Waals surface area contributed by atoms with Crippen molar-refractivity contribution in [3.05, 3.63) is 208 Å². The molecule has 2 atom stereocenters. The molecule has 360 valence electrons. The van der Waals surface area contributed by atoms with Crippen molar-refractivity contribution in [3.63, 3.8) is 0 Å². The Morgan fingerprint density at radius 1 is 0.845 bits per heavy atom. The van der Waals surface area contributed by atoms with Crippen molar-refractivity contribution in [2.75, 3.05) is 16.8 Å². The highest BCUT2D eigenvalue weighted by Crippen LogP contribution is 2.44. The highest BCUT2D eigenvalue weighted by Gasteiger charge is 2.54. The third kappa shape index (κ3) is 10.8. The molecule has 4 heterocycles. The Labute approximate surface area is 428 Å². The number of benzene rings is 5. The fourth-order valence-electron chi connectivity index (χ4n) is 8.14. The van der Waals surface area contributed by atoms with Crippen molar-refractivity contribution in [2.45, 2.75) is 54.5 Å². The molecular weight excluding hydrogens is 973 g/mol. The summed E-state index contributed by atoms with van der Waals surface area (Å²) < 4.78 is 13.9. The number of anilines is 1. The van der Waals surface area contributed by atoms with E-state index in [1.165, 1.54) is 23.5 Å². The highest BCUT2D eigenvalue weighted by molar-refractivity contribution is 8.01. The Morgan fingerprint density at radius 2 is 1.39 bits per heavy atom. The highest BCUT2D eigenvalue weighted by atomic mass is 32.2. The molecule has 5 aromatic carbocycles. The maximum atomic E-state index is 15.0. The van der Waals surface area contributed by atoms with E-state index < -0.39 is 46.6 Å². The number of aromatic nitrogens is 4. The first-order valence-corrected chi connectivity index (χ1v) is 25.9. The van der Waals surface area contributed by atoms with E-state index in [9.17, 15) is 14.4 Å². The van der Waals surface area contributed by atoms with Gasteiger partial charge in [0, 0.05) is 40.6 Å². The first-order valence-electron chi connectivity index (χ1n) is 22.5. The molecule has 1 fully saturated rings. The first-order chi connectivity index (χ1) is 34.4. The third-order valence-electron chi connectivity index (χ3n) is 11.4. The van der Waals surface area contributed by atoms with Crippen LogP contribution in [0.15, 0.2) is 185 Å². The normalized spacial score (nSPS) is 15.9. The van der Waals surface area contributed by atoms with Gasteiger partial charge in [-0.3, -0.25) is 19.8 Å². The van der Waals surface area contributed by atoms with Gasteiger partial charge in [-0.1, -0.05) is 162 Å². The van der Waals surface area contributed by atoms with Crippen LogP contribution in [0.25, 0.3) is 0 Å². The lowest BCUT2D eigenvalue weighted by molar-refractivity contribution is -0.144. The van der Waals surface area contributed by atoms with Gasteiger partial charge in [-0.2, -0.15) is 0 Å². The minimum absolute atomic E-state index is 0.0913. The van der Waals surface area contributed by atoms with Gasteiger partial charge in [0.1, 0.15) is 33.8 Å². The van der Waals surface area contributed by atoms with Crippen molar-refractivity contribution < 1.29 is 28.7 Å². The van der Waals surface area contributed by atoms with Gasteiger partial charge >= 0.3 is 6.09 Å². The second-order valence-corrected chi connectivity index (χ2v) is 20.7. The van der Waals surface area contributed by atoms with Gasteiger partial charge in [0.2, 0.25) is 10.7 Å². The average molecular weight is 1020 g/mol. The van der Waals surface area contributed by atoms with Crippen LogP contribution >= 0.6 is 47.1 Å². The number of amides is 3. The van der Waals surface area contributed by atoms with Gasteiger partial charge in [-0.25, -0.2) is 14.5 Å². The molecule has 2 aliphatic rings. The van der Waals surface area contributed by atoms with Gasteiger partial charge in [0.25, 0.3) is 11.8 Å². The number of nitrogens with zero attached hydrogens (tertiary/aromatic N) is 6. The van der Waals surface area contributed by atoms with Crippen molar-refractivity contribution in [1.82, 2.24) is 30.2 Å². The van der Waals surface area contributed by atoms with Crippen LogP contribution in [-0.4, -0.2) is 82.1 Å². The van der Waals surface area contributed by atoms with Gasteiger partial charge < -0.3 is 19.6 Å². The number of rotatable bonds is 16. The molecule has 3 amide bonds. The summed E-state index contributed by atoms with van der Waals surface area (Å²) in [6.45, 7) is 5.26. The number of oxime groups is 1. The second kappa shape index (κ2) is 21.5. The molecule has 71 heavy (non-hydrogen) atoms. The Morgan fingerprint density at radius 3 is 1.92 bits per heavy atom. The van der Waals surface area contributed by atoms with Crippen LogP contribution in [0.5, 0.6) is 0 Å². The summed E-state index contributed by atoms with van der Waals surface area (Å²) in [7, 11) is 1.82. The molecule has 1 saturated heterocycles. The largest absolute Gasteiger partial charge is 0.469 e. The summed E-state index contributed by atoms with van der Waals surface area (Å²) >= 11 is 10.3. The molecule has 2 aromatic heterocycles. The zero-order valence-corrected chi connectivity index (χ0v) is 42.3. The lowest BCUT2D eigenvalue weighted by Gasteiger charge is -2.50. The van der Waals surface area contributed by atoms with Gasteiger partial charge in [-0.05, 0) is 49.7 Å². The summed E-state index contributed by atoms with van der Waals surface area (Å²) in [6.07, 6.45) is 0.391. The fraction of sp³-hybridized carbons (Fsp3) is 0.208. The smallest absolute Gasteiger partial charge is 0.413 e. The molecule has 0 radical (unpaired) electrons. The monoisotopic (exact) mass is 1020 g/mol. The average Bonchev–Trinajstić information content (AvgIpc) is 4.03. The van der Waals surface area contributed by atoms with E-state index in [0.717, 1.165) is 49.8 Å².